The molecule has 1 rings (SSSR count). The lowest BCUT2D eigenvalue weighted by Gasteiger charge is -2.32. The molecule has 0 aromatic heterocycles. The van der Waals surface area contributed by atoms with Crippen LogP contribution < -0.4 is 5.84 Å². The predicted octanol–water partition coefficient (Wildman–Crippen LogP) is 0.804. The molecular formula is C18H35N5O3. The molecule has 0 saturated carbocycles. The summed E-state index contributed by atoms with van der Waals surface area (Å²) in [6, 6.07) is 0. The Kier molecular flexibility index (Phi) is 13.4. The van der Waals surface area contributed by atoms with Crippen molar-refractivity contribution in [1.82, 2.24) is 9.80 Å². The van der Waals surface area contributed by atoms with Crippen LogP contribution in [0.4, 0.5) is 0 Å². The number of hydrogen-bond donors (Lipinski definition) is 1. The monoisotopic (exact) mass is 369 g/mol. The summed E-state index contributed by atoms with van der Waals surface area (Å²) in [5.74, 6) is 5.39. The van der Waals surface area contributed by atoms with Crippen LogP contribution in [-0.2, 0) is 14.3 Å². The van der Waals surface area contributed by atoms with E-state index in [-0.39, 0.29) is 30.8 Å². The topological polar surface area (TPSA) is 101 Å². The Bertz CT molecular complexity index is 469. The minimum atomic E-state index is -0.0442. The number of hydrogen-bond acceptors (Lipinski definition) is 7. The van der Waals surface area contributed by atoms with Gasteiger partial charge in [-0.15, -0.1) is 0 Å². The molecule has 0 aromatic carbocycles. The maximum Gasteiger partial charge on any atom is 0.224 e. The molecule has 0 aromatic rings. The van der Waals surface area contributed by atoms with Crippen molar-refractivity contribution in [2.75, 3.05) is 53.0 Å². The molecule has 0 bridgehead atoms. The van der Waals surface area contributed by atoms with Gasteiger partial charge in [0.1, 0.15) is 5.71 Å². The molecule has 150 valence electrons. The molecule has 0 aliphatic carbocycles. The molecule has 2 N–H and O–H groups in total. The average molecular weight is 370 g/mol. The predicted molar refractivity (Wildman–Crippen MR) is 106 cm³/mol. The summed E-state index contributed by atoms with van der Waals surface area (Å²) in [5, 5.41) is 3.57. The fourth-order valence-corrected chi connectivity index (χ4v) is 2.08. The molecule has 1 heterocycles. The van der Waals surface area contributed by atoms with Crippen LogP contribution >= 0.6 is 0 Å². The van der Waals surface area contributed by atoms with E-state index in [2.05, 4.69) is 22.0 Å². The summed E-state index contributed by atoms with van der Waals surface area (Å²) in [6.45, 7) is 11.6. The summed E-state index contributed by atoms with van der Waals surface area (Å²) in [7, 11) is 2.05. The van der Waals surface area contributed by atoms with Gasteiger partial charge in [0.25, 0.3) is 0 Å². The van der Waals surface area contributed by atoms with Crippen LogP contribution in [0.1, 0.15) is 34.1 Å². The van der Waals surface area contributed by atoms with E-state index < -0.39 is 0 Å². The van der Waals surface area contributed by atoms with Crippen molar-refractivity contribution in [3.8, 4) is 0 Å². The van der Waals surface area contributed by atoms with E-state index in [1.165, 1.54) is 6.21 Å². The quantitative estimate of drug-likeness (QED) is 0.280. The second-order valence-electron chi connectivity index (χ2n) is 6.20. The van der Waals surface area contributed by atoms with Crippen molar-refractivity contribution >= 4 is 23.6 Å². The Morgan fingerprint density at radius 3 is 2.35 bits per heavy atom. The van der Waals surface area contributed by atoms with Crippen LogP contribution in [0.25, 0.3) is 0 Å². The molecule has 26 heavy (non-hydrogen) atoms. The van der Waals surface area contributed by atoms with E-state index in [0.717, 1.165) is 26.2 Å². The second kappa shape index (κ2) is 14.4. The first-order valence-corrected chi connectivity index (χ1v) is 9.27. The summed E-state index contributed by atoms with van der Waals surface area (Å²) in [5.41, 5.74) is 0.443. The molecule has 1 saturated heterocycles. The van der Waals surface area contributed by atoms with E-state index >= 15 is 0 Å². The van der Waals surface area contributed by atoms with Gasteiger partial charge in [-0.05, 0) is 7.05 Å². The Hall–Kier alpha value is -1.80. The van der Waals surface area contributed by atoms with Crippen molar-refractivity contribution < 1.29 is 14.3 Å². The van der Waals surface area contributed by atoms with Gasteiger partial charge in [0.05, 0.1) is 26.2 Å². The molecule has 1 fully saturated rings. The highest BCUT2D eigenvalue weighted by Gasteiger charge is 2.18. The first-order chi connectivity index (χ1) is 12.4. The van der Waals surface area contributed by atoms with Crippen molar-refractivity contribution in [2.24, 2.45) is 21.9 Å². The second-order valence-corrected chi connectivity index (χ2v) is 6.20. The molecule has 0 unspecified atom stereocenters. The number of piperazine rings is 1. The molecule has 0 atom stereocenters. The first kappa shape index (κ1) is 24.2. The SMILES string of the molecule is CC.CC(C)C(=O)CN=C/C(COCCC(=O)N1CCN(C)CC1)=N\N. The summed E-state index contributed by atoms with van der Waals surface area (Å²) < 4.78 is 5.43. The van der Waals surface area contributed by atoms with E-state index in [1.807, 2.05) is 32.6 Å². The smallest absolute Gasteiger partial charge is 0.224 e. The zero-order valence-corrected chi connectivity index (χ0v) is 16.9. The van der Waals surface area contributed by atoms with Crippen LogP contribution in [0.2, 0.25) is 0 Å². The van der Waals surface area contributed by atoms with Gasteiger partial charge >= 0.3 is 0 Å². The number of carbonyl (C=O) groups excluding carboxylic acids is 2. The molecule has 0 radical (unpaired) electrons. The highest BCUT2D eigenvalue weighted by Crippen LogP contribution is 2.02. The van der Waals surface area contributed by atoms with Gasteiger partial charge in [0.2, 0.25) is 5.91 Å². The highest BCUT2D eigenvalue weighted by atomic mass is 16.5. The Balaban J connectivity index is 0.00000301. The number of ketones is 1. The van der Waals surface area contributed by atoms with E-state index in [1.54, 1.807) is 0 Å². The normalized spacial score (nSPS) is 15.9. The van der Waals surface area contributed by atoms with Crippen LogP contribution in [-0.4, -0.2) is 86.4 Å². The van der Waals surface area contributed by atoms with Gasteiger partial charge in [-0.25, -0.2) is 0 Å². The third-order valence-electron chi connectivity index (χ3n) is 3.86. The fraction of sp³-hybridized carbons (Fsp3) is 0.778. The number of amides is 1. The van der Waals surface area contributed by atoms with Gasteiger partial charge in [-0.3, -0.25) is 14.6 Å². The number of carbonyl (C=O) groups is 2. The summed E-state index contributed by atoms with van der Waals surface area (Å²) in [6.07, 6.45) is 1.78. The van der Waals surface area contributed by atoms with E-state index in [4.69, 9.17) is 10.6 Å². The standard InChI is InChI=1S/C16H29N5O3.C2H6/c1-13(2)15(22)11-18-10-14(19-17)12-24-9-4-16(23)21-7-5-20(3)6-8-21;1-2/h10,13H,4-9,11-12,17H2,1-3H3;1-2H3/b18-10?,19-14+;. The number of Topliss-reactive ketones (excluding diaryl/α,β-unsaturated/α-hetero) is 1. The van der Waals surface area contributed by atoms with Crippen molar-refractivity contribution in [3.05, 3.63) is 0 Å². The van der Waals surface area contributed by atoms with Gasteiger partial charge in [0, 0.05) is 38.3 Å². The largest absolute Gasteiger partial charge is 0.374 e. The zero-order chi connectivity index (χ0) is 19.9. The average Bonchev–Trinajstić information content (AvgIpc) is 2.65. The fourth-order valence-electron chi connectivity index (χ4n) is 2.08. The number of aliphatic imine (C=N–C) groups is 1. The first-order valence-electron chi connectivity index (χ1n) is 9.27. The molecule has 0 spiro atoms. The number of likely N-dealkylation sites (N-methyl/N-ethyl adjacent to an activating group) is 1. The van der Waals surface area contributed by atoms with Gasteiger partial charge in [-0.1, -0.05) is 27.7 Å². The number of nitrogens with two attached hydrogens (primary N) is 1. The summed E-state index contributed by atoms with van der Waals surface area (Å²) >= 11 is 0. The third-order valence-corrected chi connectivity index (χ3v) is 3.86. The Labute approximate surface area is 157 Å². The van der Waals surface area contributed by atoms with Crippen molar-refractivity contribution in [2.45, 2.75) is 34.1 Å². The Morgan fingerprint density at radius 2 is 1.81 bits per heavy atom. The molecule has 8 heteroatoms. The van der Waals surface area contributed by atoms with E-state index in [0.29, 0.717) is 18.7 Å². The lowest BCUT2D eigenvalue weighted by molar-refractivity contribution is -0.133. The zero-order valence-electron chi connectivity index (χ0n) is 16.9. The summed E-state index contributed by atoms with van der Waals surface area (Å²) in [4.78, 5) is 31.6. The number of rotatable bonds is 9. The molecule has 1 aliphatic rings. The maximum absolute atomic E-state index is 12.0. The minimum Gasteiger partial charge on any atom is -0.374 e. The van der Waals surface area contributed by atoms with Crippen LogP contribution in [0.3, 0.4) is 0 Å². The number of nitrogens with zero attached hydrogens (tertiary/aromatic N) is 4. The van der Waals surface area contributed by atoms with Crippen molar-refractivity contribution in [3.63, 3.8) is 0 Å². The molecular weight excluding hydrogens is 334 g/mol. The lowest BCUT2D eigenvalue weighted by atomic mass is 10.1. The molecule has 8 nitrogen and oxygen atoms in total. The molecule has 1 aliphatic heterocycles. The van der Waals surface area contributed by atoms with Gasteiger partial charge < -0.3 is 20.4 Å². The van der Waals surface area contributed by atoms with Gasteiger partial charge in [-0.2, -0.15) is 5.10 Å². The van der Waals surface area contributed by atoms with Crippen LogP contribution in [0.15, 0.2) is 10.1 Å². The Morgan fingerprint density at radius 1 is 1.19 bits per heavy atom. The highest BCUT2D eigenvalue weighted by molar-refractivity contribution is 6.31. The number of hydrazone groups is 1. The van der Waals surface area contributed by atoms with Crippen LogP contribution in [0, 0.1) is 5.92 Å². The maximum atomic E-state index is 12.0. The van der Waals surface area contributed by atoms with Crippen LogP contribution in [0.5, 0.6) is 0 Å². The lowest BCUT2D eigenvalue weighted by Crippen LogP contribution is -2.47. The van der Waals surface area contributed by atoms with Crippen molar-refractivity contribution in [1.29, 1.82) is 0 Å². The van der Waals surface area contributed by atoms with Gasteiger partial charge in [0.15, 0.2) is 5.78 Å². The minimum absolute atomic E-state index is 0.0442. The van der Waals surface area contributed by atoms with E-state index in [9.17, 15) is 9.59 Å². The molecule has 1 amide bonds. The number of ether oxygens (including phenoxy) is 1. The third kappa shape index (κ3) is 10.2.